The number of likely N-dealkylation sites (tertiary alicyclic amines) is 1. The fourth-order valence-corrected chi connectivity index (χ4v) is 12.9. The van der Waals surface area contributed by atoms with Crippen LogP contribution in [-0.2, 0) is 33.4 Å². The molecule has 372 valence electrons. The lowest BCUT2D eigenvalue weighted by Crippen LogP contribution is -2.55. The van der Waals surface area contributed by atoms with Gasteiger partial charge in [0.15, 0.2) is 5.78 Å². The van der Waals surface area contributed by atoms with Crippen molar-refractivity contribution in [2.75, 3.05) is 19.5 Å². The lowest BCUT2D eigenvalue weighted by Gasteiger charge is -2.37. The minimum atomic E-state index is -0.951. The summed E-state index contributed by atoms with van der Waals surface area (Å²) in [6.07, 6.45) is 4.61. The van der Waals surface area contributed by atoms with Crippen molar-refractivity contribution in [3.63, 3.8) is 0 Å². The number of carbonyl (C=O) groups is 5. The van der Waals surface area contributed by atoms with E-state index in [9.17, 15) is 19.2 Å². The molecule has 0 spiro atoms. The van der Waals surface area contributed by atoms with Crippen LogP contribution in [0.25, 0.3) is 11.1 Å². The van der Waals surface area contributed by atoms with Gasteiger partial charge in [0.05, 0.1) is 23.8 Å². The zero-order chi connectivity index (χ0) is 50.1. The Labute approximate surface area is 424 Å². The van der Waals surface area contributed by atoms with Gasteiger partial charge in [0, 0.05) is 24.1 Å². The van der Waals surface area contributed by atoms with Gasteiger partial charge in [-0.3, -0.25) is 19.3 Å². The highest BCUT2D eigenvalue weighted by Gasteiger charge is 2.49. The van der Waals surface area contributed by atoms with Crippen LogP contribution in [0.1, 0.15) is 113 Å². The fourth-order valence-electron chi connectivity index (χ4n) is 11.3. The van der Waals surface area contributed by atoms with Crippen molar-refractivity contribution in [3.05, 3.63) is 167 Å². The first-order valence-electron chi connectivity index (χ1n) is 25.7. The number of hydrogen-bond acceptors (Lipinski definition) is 8. The summed E-state index contributed by atoms with van der Waals surface area (Å²) in [5, 5.41) is 6.18. The van der Waals surface area contributed by atoms with E-state index in [1.807, 2.05) is 107 Å². The third-order valence-corrected chi connectivity index (χ3v) is 17.3. The number of methoxy groups -OCH3 is 1. The van der Waals surface area contributed by atoms with Gasteiger partial charge in [-0.25, -0.2) is 9.59 Å². The molecule has 1 saturated heterocycles. The average Bonchev–Trinajstić information content (AvgIpc) is 3.97. The summed E-state index contributed by atoms with van der Waals surface area (Å²) in [4.78, 5) is 74.3. The maximum atomic E-state index is 15.1. The predicted octanol–water partition coefficient (Wildman–Crippen LogP) is 11.1. The van der Waals surface area contributed by atoms with E-state index in [0.29, 0.717) is 19.3 Å². The molecule has 2 aliphatic carbocycles. The second kappa shape index (κ2) is 23.4. The summed E-state index contributed by atoms with van der Waals surface area (Å²) in [5.74, 6) is -2.95. The lowest BCUT2D eigenvalue weighted by molar-refractivity contribution is -0.147. The quantitative estimate of drug-likeness (QED) is 0.0582. The highest BCUT2D eigenvalue weighted by molar-refractivity contribution is 8.00. The second-order valence-electron chi connectivity index (χ2n) is 19.8. The Bertz CT molecular complexity index is 2490. The smallest absolute Gasteiger partial charge is 0.410 e. The van der Waals surface area contributed by atoms with Crippen molar-refractivity contribution in [2.45, 2.75) is 114 Å². The zero-order valence-corrected chi connectivity index (χ0v) is 42.6. The molecule has 2 N–H and O–H groups in total. The number of rotatable bonds is 20. The Hall–Kier alpha value is -6.20. The van der Waals surface area contributed by atoms with Gasteiger partial charge in [0.2, 0.25) is 11.8 Å². The van der Waals surface area contributed by atoms with E-state index in [0.717, 1.165) is 64.6 Å². The van der Waals surface area contributed by atoms with Crippen LogP contribution in [0.2, 0.25) is 0 Å². The van der Waals surface area contributed by atoms with Crippen LogP contribution < -0.4 is 10.6 Å². The van der Waals surface area contributed by atoms with Gasteiger partial charge in [0.1, 0.15) is 18.7 Å². The number of benzene rings is 5. The number of carbonyl (C=O) groups excluding carboxylic acids is 5. The Morgan fingerprint density at radius 2 is 1.18 bits per heavy atom. The monoisotopic (exact) mass is 975 g/mol. The number of nitrogens with one attached hydrogen (secondary N) is 2. The van der Waals surface area contributed by atoms with Crippen LogP contribution in [0.5, 0.6) is 0 Å². The molecule has 71 heavy (non-hydrogen) atoms. The van der Waals surface area contributed by atoms with E-state index in [-0.39, 0.29) is 60.2 Å². The van der Waals surface area contributed by atoms with Crippen LogP contribution in [0.15, 0.2) is 140 Å². The number of ether oxygens (including phenoxy) is 2. The molecule has 0 aromatic heterocycles. The maximum Gasteiger partial charge on any atom is 0.410 e. The van der Waals surface area contributed by atoms with E-state index in [2.05, 4.69) is 71.3 Å². The maximum absolute atomic E-state index is 15.1. The molecule has 3 amide bonds. The van der Waals surface area contributed by atoms with E-state index in [1.54, 1.807) is 16.7 Å². The Morgan fingerprint density at radius 1 is 0.676 bits per heavy atom. The van der Waals surface area contributed by atoms with E-state index in [1.165, 1.54) is 7.11 Å². The molecular formula is C60H69N3O7S. The average molecular weight is 976 g/mol. The standard InChI is InChI=1S/C60H69N3O7S/c1-6-39(3)54(61-57(66)52-35-41-23-17-22-34-51(41)63(52)59(68)70-37-50-48-32-20-18-30-46(48)47-31-19-21-33-49(47)50)53(64)36-42(56(65)62-55(40(4)7-2)58(67)69-5)38-71-60(43-24-11-8-12-25-43,44-26-13-9-14-27-44)45-28-15-10-16-29-45/h8-16,18-21,24-33,39-42,50-52,54-55H,6-7,17,22-23,34-38H2,1-5H3,(H,61,66)(H,62,65)/t39-,40-,41-,42-,51-,52-,54-,55-/m0/s1. The van der Waals surface area contributed by atoms with Crippen LogP contribution in [0.3, 0.4) is 0 Å². The summed E-state index contributed by atoms with van der Waals surface area (Å²) >= 11 is 1.57. The van der Waals surface area contributed by atoms with Gasteiger partial charge in [0.25, 0.3) is 0 Å². The van der Waals surface area contributed by atoms with E-state index < -0.39 is 46.8 Å². The molecule has 0 radical (unpaired) electrons. The molecule has 0 bridgehead atoms. The van der Waals surface area contributed by atoms with E-state index >= 15 is 4.79 Å². The molecule has 8 rings (SSSR count). The first-order chi connectivity index (χ1) is 34.5. The fraction of sp³-hybridized carbons (Fsp3) is 0.417. The van der Waals surface area contributed by atoms with Gasteiger partial charge in [-0.2, -0.15) is 0 Å². The molecule has 10 nitrogen and oxygen atoms in total. The number of thioether (sulfide) groups is 1. The molecule has 1 heterocycles. The molecule has 8 atom stereocenters. The Kier molecular flexibility index (Phi) is 16.8. The zero-order valence-electron chi connectivity index (χ0n) is 41.8. The Balaban J connectivity index is 1.07. The SMILES string of the molecule is CC[C@H](C)[C@H](NC(=O)[C@@H]1C[C@@H]2CCCC[C@@H]2N1C(=O)OCC1c2ccccc2-c2ccccc21)C(=O)C[C@@H](CSC(c1ccccc1)(c1ccccc1)c1ccccc1)C(=O)N[C@H](C(=O)OC)[C@@H](C)CC. The van der Waals surface area contributed by atoms with Crippen molar-refractivity contribution in [1.82, 2.24) is 15.5 Å². The molecule has 1 saturated carbocycles. The van der Waals surface area contributed by atoms with Crippen molar-refractivity contribution in [3.8, 4) is 11.1 Å². The van der Waals surface area contributed by atoms with Crippen LogP contribution >= 0.6 is 11.8 Å². The second-order valence-corrected chi connectivity index (χ2v) is 21.0. The largest absolute Gasteiger partial charge is 0.467 e. The van der Waals surface area contributed by atoms with Crippen molar-refractivity contribution >= 4 is 41.4 Å². The third-order valence-electron chi connectivity index (χ3n) is 15.6. The number of esters is 1. The molecule has 2 fully saturated rings. The van der Waals surface area contributed by atoms with Gasteiger partial charge < -0.3 is 20.1 Å². The third kappa shape index (κ3) is 10.9. The van der Waals surface area contributed by atoms with Crippen molar-refractivity contribution in [1.29, 1.82) is 0 Å². The summed E-state index contributed by atoms with van der Waals surface area (Å²) in [5.41, 5.74) is 7.50. The summed E-state index contributed by atoms with van der Waals surface area (Å²) in [6.45, 7) is 7.89. The number of ketones is 1. The first-order valence-corrected chi connectivity index (χ1v) is 26.6. The number of fused-ring (bicyclic) bond motifs is 4. The van der Waals surface area contributed by atoms with Gasteiger partial charge >= 0.3 is 12.1 Å². The summed E-state index contributed by atoms with van der Waals surface area (Å²) in [6, 6.07) is 44.1. The van der Waals surface area contributed by atoms with Crippen LogP contribution in [0, 0.1) is 23.7 Å². The highest BCUT2D eigenvalue weighted by Crippen LogP contribution is 2.50. The molecule has 5 aromatic rings. The molecule has 3 aliphatic rings. The highest BCUT2D eigenvalue weighted by atomic mass is 32.2. The van der Waals surface area contributed by atoms with Crippen LogP contribution in [-0.4, -0.2) is 78.2 Å². The van der Waals surface area contributed by atoms with Crippen molar-refractivity contribution in [2.24, 2.45) is 23.7 Å². The lowest BCUT2D eigenvalue weighted by atomic mass is 9.84. The predicted molar refractivity (Wildman–Crippen MR) is 281 cm³/mol. The minimum Gasteiger partial charge on any atom is -0.467 e. The van der Waals surface area contributed by atoms with Gasteiger partial charge in [-0.15, -0.1) is 11.8 Å². The van der Waals surface area contributed by atoms with Gasteiger partial charge in [-0.1, -0.05) is 193 Å². The molecular weight excluding hydrogens is 907 g/mol. The normalized spacial score (nSPS) is 19.5. The van der Waals surface area contributed by atoms with E-state index in [4.69, 9.17) is 9.47 Å². The number of nitrogens with zero attached hydrogens (tertiary/aromatic N) is 1. The topological polar surface area (TPSA) is 131 Å². The minimum absolute atomic E-state index is 0.134. The first kappa shape index (κ1) is 51.2. The number of hydrogen-bond donors (Lipinski definition) is 2. The summed E-state index contributed by atoms with van der Waals surface area (Å²) in [7, 11) is 1.31. The molecule has 5 aromatic carbocycles. The molecule has 11 heteroatoms. The number of Topliss-reactive ketones (excluding diaryl/α,β-unsaturated/α-hetero) is 1. The number of amides is 3. The van der Waals surface area contributed by atoms with Crippen LogP contribution in [0.4, 0.5) is 4.79 Å². The summed E-state index contributed by atoms with van der Waals surface area (Å²) < 4.78 is 10.6. The molecule has 1 aliphatic heterocycles. The van der Waals surface area contributed by atoms with Gasteiger partial charge in [-0.05, 0) is 76.0 Å². The Morgan fingerprint density at radius 3 is 1.72 bits per heavy atom. The van der Waals surface area contributed by atoms with Crippen molar-refractivity contribution < 1.29 is 33.4 Å². The molecule has 0 unspecified atom stereocenters.